The summed E-state index contributed by atoms with van der Waals surface area (Å²) < 4.78 is 0. The van der Waals surface area contributed by atoms with E-state index in [4.69, 9.17) is 0 Å². The monoisotopic (exact) mass is 371 g/mol. The lowest BCUT2D eigenvalue weighted by molar-refractivity contribution is 0.626. The molecule has 1 aliphatic heterocycles. The van der Waals surface area contributed by atoms with Crippen molar-refractivity contribution in [3.05, 3.63) is 35.4 Å². The molecule has 1 aromatic carbocycles. The van der Waals surface area contributed by atoms with Gasteiger partial charge >= 0.3 is 0 Å². The molecular formula is C15H22IN3. The summed E-state index contributed by atoms with van der Waals surface area (Å²) in [5.41, 5.74) is 3.27. The average Bonchev–Trinajstić information content (AvgIpc) is 3.19. The van der Waals surface area contributed by atoms with Crippen molar-refractivity contribution in [2.45, 2.75) is 31.6 Å². The van der Waals surface area contributed by atoms with Crippen molar-refractivity contribution in [1.29, 1.82) is 0 Å². The Hall–Kier alpha value is -0.780. The number of halogens is 1. The Morgan fingerprint density at radius 3 is 2.74 bits per heavy atom. The van der Waals surface area contributed by atoms with Crippen LogP contribution < -0.4 is 10.6 Å². The molecule has 0 amide bonds. The van der Waals surface area contributed by atoms with Crippen molar-refractivity contribution in [3.63, 3.8) is 0 Å². The van der Waals surface area contributed by atoms with Crippen LogP contribution in [0.4, 0.5) is 0 Å². The number of hydrogen-bond donors (Lipinski definition) is 2. The predicted octanol–water partition coefficient (Wildman–Crippen LogP) is 2.58. The van der Waals surface area contributed by atoms with E-state index in [9.17, 15) is 0 Å². The highest BCUT2D eigenvalue weighted by Crippen LogP contribution is 2.48. The largest absolute Gasteiger partial charge is 0.356 e. The molecule has 2 aliphatic rings. The molecule has 4 heteroatoms. The van der Waals surface area contributed by atoms with Gasteiger partial charge in [0.15, 0.2) is 5.96 Å². The molecule has 3 rings (SSSR count). The van der Waals surface area contributed by atoms with Gasteiger partial charge < -0.3 is 10.6 Å². The molecule has 2 N–H and O–H groups in total. The van der Waals surface area contributed by atoms with Gasteiger partial charge in [0.25, 0.3) is 0 Å². The summed E-state index contributed by atoms with van der Waals surface area (Å²) in [5.74, 6) is 0.987. The Morgan fingerprint density at radius 2 is 2.11 bits per heavy atom. The summed E-state index contributed by atoms with van der Waals surface area (Å²) >= 11 is 0. The van der Waals surface area contributed by atoms with Crippen molar-refractivity contribution >= 4 is 29.9 Å². The molecule has 3 nitrogen and oxygen atoms in total. The third-order valence-corrected chi connectivity index (χ3v) is 4.06. The summed E-state index contributed by atoms with van der Waals surface area (Å²) in [4.78, 5) is 4.47. The van der Waals surface area contributed by atoms with Crippen LogP contribution in [0.3, 0.4) is 0 Å². The predicted molar refractivity (Wildman–Crippen MR) is 90.4 cm³/mol. The van der Waals surface area contributed by atoms with Crippen LogP contribution in [-0.4, -0.2) is 25.6 Å². The van der Waals surface area contributed by atoms with E-state index in [1.165, 1.54) is 24.0 Å². The summed E-state index contributed by atoms with van der Waals surface area (Å²) in [6.07, 6.45) is 3.73. The topological polar surface area (TPSA) is 36.4 Å². The molecule has 104 valence electrons. The summed E-state index contributed by atoms with van der Waals surface area (Å²) in [5, 5.41) is 6.81. The number of nitrogens with zero attached hydrogens (tertiary/aromatic N) is 1. The first kappa shape index (κ1) is 14.6. The quantitative estimate of drug-likeness (QED) is 0.802. The van der Waals surface area contributed by atoms with Crippen molar-refractivity contribution in [2.24, 2.45) is 4.99 Å². The van der Waals surface area contributed by atoms with E-state index in [-0.39, 0.29) is 24.0 Å². The smallest absolute Gasteiger partial charge is 0.191 e. The molecule has 0 unspecified atom stereocenters. The lowest BCUT2D eigenvalue weighted by Gasteiger charge is -2.22. The molecule has 1 aromatic rings. The zero-order valence-electron chi connectivity index (χ0n) is 11.4. The third-order valence-electron chi connectivity index (χ3n) is 4.06. The first-order valence-corrected chi connectivity index (χ1v) is 6.88. The van der Waals surface area contributed by atoms with Gasteiger partial charge in [0.05, 0.1) is 0 Å². The van der Waals surface area contributed by atoms with Crippen LogP contribution in [0, 0.1) is 6.92 Å². The van der Waals surface area contributed by atoms with Gasteiger partial charge in [0.1, 0.15) is 0 Å². The standard InChI is InChI=1S/C15H21N3.HI/c1-12-5-2-3-6-13(12)15(7-8-15)11-18-14-16-9-4-10-17-14;/h2-3,5-6H,4,7-11H2,1H3,(H2,16,17,18);1H. The Balaban J connectivity index is 0.00000133. The fourth-order valence-corrected chi connectivity index (χ4v) is 2.76. The second kappa shape index (κ2) is 6.11. The second-order valence-corrected chi connectivity index (χ2v) is 5.46. The Bertz CT molecular complexity index is 466. The summed E-state index contributed by atoms with van der Waals surface area (Å²) in [7, 11) is 0. The van der Waals surface area contributed by atoms with Crippen LogP contribution in [0.5, 0.6) is 0 Å². The number of aryl methyl sites for hydroxylation is 1. The number of nitrogens with one attached hydrogen (secondary N) is 2. The fourth-order valence-electron chi connectivity index (χ4n) is 2.76. The third kappa shape index (κ3) is 3.22. The minimum atomic E-state index is 0. The van der Waals surface area contributed by atoms with Crippen LogP contribution in [-0.2, 0) is 5.41 Å². The van der Waals surface area contributed by atoms with Crippen LogP contribution in [0.1, 0.15) is 30.4 Å². The van der Waals surface area contributed by atoms with E-state index in [1.54, 1.807) is 0 Å². The number of guanidine groups is 1. The average molecular weight is 371 g/mol. The SMILES string of the molecule is Cc1ccccc1C1(CNC2=NCCCN2)CC1.I. The van der Waals surface area contributed by atoms with Crippen LogP contribution in [0.15, 0.2) is 29.3 Å². The number of rotatable bonds is 3. The molecule has 1 aliphatic carbocycles. The summed E-state index contributed by atoms with van der Waals surface area (Å²) in [6, 6.07) is 8.76. The highest BCUT2D eigenvalue weighted by molar-refractivity contribution is 14.0. The molecule has 1 fully saturated rings. The van der Waals surface area contributed by atoms with Crippen LogP contribution in [0.2, 0.25) is 0 Å². The first-order chi connectivity index (χ1) is 8.80. The van der Waals surface area contributed by atoms with Crippen molar-refractivity contribution < 1.29 is 0 Å². The van der Waals surface area contributed by atoms with E-state index in [0.717, 1.165) is 32.0 Å². The van der Waals surface area contributed by atoms with E-state index in [2.05, 4.69) is 46.8 Å². The van der Waals surface area contributed by atoms with Crippen molar-refractivity contribution in [1.82, 2.24) is 10.6 Å². The fraction of sp³-hybridized carbons (Fsp3) is 0.533. The zero-order valence-corrected chi connectivity index (χ0v) is 13.7. The molecule has 19 heavy (non-hydrogen) atoms. The molecule has 0 radical (unpaired) electrons. The van der Waals surface area contributed by atoms with Gasteiger partial charge in [-0.05, 0) is 37.3 Å². The van der Waals surface area contributed by atoms with Crippen LogP contribution in [0.25, 0.3) is 0 Å². The molecule has 1 saturated carbocycles. The number of benzene rings is 1. The Morgan fingerprint density at radius 1 is 1.32 bits per heavy atom. The minimum Gasteiger partial charge on any atom is -0.356 e. The van der Waals surface area contributed by atoms with Crippen molar-refractivity contribution in [2.75, 3.05) is 19.6 Å². The van der Waals surface area contributed by atoms with Gasteiger partial charge in [-0.1, -0.05) is 24.3 Å². The normalized spacial score (nSPS) is 19.7. The molecule has 0 spiro atoms. The number of aliphatic imine (C=N–C) groups is 1. The van der Waals surface area contributed by atoms with Gasteiger partial charge in [-0.2, -0.15) is 0 Å². The van der Waals surface area contributed by atoms with Gasteiger partial charge in [-0.15, -0.1) is 24.0 Å². The minimum absolute atomic E-state index is 0. The Labute approximate surface area is 132 Å². The highest BCUT2D eigenvalue weighted by atomic mass is 127. The number of hydrogen-bond acceptors (Lipinski definition) is 3. The Kier molecular flexibility index (Phi) is 4.71. The maximum atomic E-state index is 4.47. The lowest BCUT2D eigenvalue weighted by atomic mass is 9.92. The second-order valence-electron chi connectivity index (χ2n) is 5.46. The van der Waals surface area contributed by atoms with Crippen molar-refractivity contribution in [3.8, 4) is 0 Å². The first-order valence-electron chi connectivity index (χ1n) is 6.88. The molecule has 1 heterocycles. The van der Waals surface area contributed by atoms with Gasteiger partial charge in [-0.3, -0.25) is 4.99 Å². The van der Waals surface area contributed by atoms with Crippen LogP contribution >= 0.6 is 24.0 Å². The van der Waals surface area contributed by atoms with Gasteiger partial charge in [-0.25, -0.2) is 0 Å². The van der Waals surface area contributed by atoms with Gasteiger partial charge in [0.2, 0.25) is 0 Å². The van der Waals surface area contributed by atoms with E-state index >= 15 is 0 Å². The van der Waals surface area contributed by atoms with E-state index in [1.807, 2.05) is 0 Å². The van der Waals surface area contributed by atoms with Gasteiger partial charge in [0, 0.05) is 25.0 Å². The van der Waals surface area contributed by atoms with E-state index < -0.39 is 0 Å². The molecule has 0 saturated heterocycles. The molecule has 0 aromatic heterocycles. The molecule has 0 atom stereocenters. The maximum Gasteiger partial charge on any atom is 0.191 e. The zero-order chi connectivity index (χ0) is 12.4. The maximum absolute atomic E-state index is 4.47. The molecule has 0 bridgehead atoms. The van der Waals surface area contributed by atoms with E-state index in [0.29, 0.717) is 5.41 Å². The highest BCUT2D eigenvalue weighted by Gasteiger charge is 2.44. The molecular weight excluding hydrogens is 349 g/mol. The summed E-state index contributed by atoms with van der Waals surface area (Å²) in [6.45, 7) is 5.21. The lowest BCUT2D eigenvalue weighted by Crippen LogP contribution is -2.43.